The zero-order valence-electron chi connectivity index (χ0n) is 8.66. The molecule has 0 atom stereocenters. The van der Waals surface area contributed by atoms with Gasteiger partial charge in [0, 0.05) is 6.20 Å². The number of nitrogens with zero attached hydrogens (tertiary/aromatic N) is 2. The van der Waals surface area contributed by atoms with Crippen molar-refractivity contribution >= 4 is 12.2 Å². The van der Waals surface area contributed by atoms with E-state index in [-0.39, 0.29) is 0 Å². The predicted molar refractivity (Wildman–Crippen MR) is 60.8 cm³/mol. The summed E-state index contributed by atoms with van der Waals surface area (Å²) in [5.74, 6) is 0. The van der Waals surface area contributed by atoms with Crippen LogP contribution in [0.1, 0.15) is 36.8 Å². The van der Waals surface area contributed by atoms with E-state index in [0.29, 0.717) is 0 Å². The summed E-state index contributed by atoms with van der Waals surface area (Å²) in [5, 5.41) is 0. The van der Waals surface area contributed by atoms with E-state index in [9.17, 15) is 0 Å². The molecule has 0 amide bonds. The van der Waals surface area contributed by atoms with Gasteiger partial charge in [0.05, 0.1) is 17.1 Å². The summed E-state index contributed by atoms with van der Waals surface area (Å²) < 4.78 is 0. The highest BCUT2D eigenvalue weighted by Gasteiger charge is 2.00. The lowest BCUT2D eigenvalue weighted by Gasteiger charge is -2.03. The maximum Gasteiger partial charge on any atom is 0.0884 e. The van der Waals surface area contributed by atoms with Gasteiger partial charge in [-0.1, -0.05) is 26.5 Å². The maximum absolute atomic E-state index is 4.45. The largest absolute Gasteiger partial charge is 0.253 e. The molecule has 1 heterocycles. The topological polar surface area (TPSA) is 25.8 Å². The number of aromatic nitrogens is 2. The van der Waals surface area contributed by atoms with E-state index in [0.717, 1.165) is 29.9 Å². The molecule has 0 aromatic carbocycles. The van der Waals surface area contributed by atoms with Crippen LogP contribution in [-0.4, -0.2) is 9.97 Å². The fourth-order valence-electron chi connectivity index (χ4n) is 1.24. The van der Waals surface area contributed by atoms with E-state index >= 15 is 0 Å². The molecule has 1 rings (SSSR count). The molecule has 0 radical (unpaired) electrons. The normalized spacial score (nSPS) is 9.79. The average molecular weight is 188 g/mol. The van der Waals surface area contributed by atoms with Gasteiger partial charge >= 0.3 is 0 Å². The van der Waals surface area contributed by atoms with Crippen molar-refractivity contribution in [2.75, 3.05) is 0 Å². The van der Waals surface area contributed by atoms with Crippen molar-refractivity contribution < 1.29 is 0 Å². The third-order valence-corrected chi connectivity index (χ3v) is 2.05. The molecule has 0 aliphatic carbocycles. The quantitative estimate of drug-likeness (QED) is 0.709. The molecule has 14 heavy (non-hydrogen) atoms. The van der Waals surface area contributed by atoms with Gasteiger partial charge < -0.3 is 0 Å². The smallest absolute Gasteiger partial charge is 0.0884 e. The summed E-state index contributed by atoms with van der Waals surface area (Å²) in [5.41, 5.74) is 2.67. The fraction of sp³-hybridized carbons (Fsp3) is 0.333. The Bertz CT molecular complexity index is 329. The Kier molecular flexibility index (Phi) is 4.05. The van der Waals surface area contributed by atoms with Crippen LogP contribution >= 0.6 is 0 Å². The molecule has 0 saturated heterocycles. The lowest BCUT2D eigenvalue weighted by atomic mass is 10.2. The Hall–Kier alpha value is -1.44. The molecule has 0 saturated carbocycles. The highest BCUT2D eigenvalue weighted by atomic mass is 14.8. The number of aryl methyl sites for hydroxylation is 1. The fourth-order valence-corrected chi connectivity index (χ4v) is 1.24. The summed E-state index contributed by atoms with van der Waals surface area (Å²) in [6.07, 6.45) is 8.56. The number of rotatable bonds is 5. The third-order valence-electron chi connectivity index (χ3n) is 2.05. The predicted octanol–water partition coefficient (Wildman–Crippen LogP) is 3.11. The highest BCUT2D eigenvalue weighted by Crippen LogP contribution is 2.08. The van der Waals surface area contributed by atoms with Crippen LogP contribution < -0.4 is 0 Å². The second kappa shape index (κ2) is 5.32. The molecule has 0 bridgehead atoms. The summed E-state index contributed by atoms with van der Waals surface area (Å²) in [6.45, 7) is 9.56. The Morgan fingerprint density at radius 2 is 2.00 bits per heavy atom. The molecular weight excluding hydrogens is 172 g/mol. The number of unbranched alkanes of at least 4 members (excludes halogenated alkanes) is 1. The SMILES string of the molecule is C=Cc1ncc(CCCC)nc1C=C. The minimum absolute atomic E-state index is 0.806. The molecule has 2 nitrogen and oxygen atoms in total. The molecule has 1 aromatic rings. The van der Waals surface area contributed by atoms with Gasteiger partial charge in [-0.25, -0.2) is 4.98 Å². The number of hydrogen-bond donors (Lipinski definition) is 0. The number of hydrogen-bond acceptors (Lipinski definition) is 2. The molecule has 0 aliphatic heterocycles. The summed E-state index contributed by atoms with van der Waals surface area (Å²) in [7, 11) is 0. The van der Waals surface area contributed by atoms with Gasteiger partial charge in [0.1, 0.15) is 0 Å². The molecule has 2 heteroatoms. The minimum atomic E-state index is 0.806. The summed E-state index contributed by atoms with van der Waals surface area (Å²) in [4.78, 5) is 8.72. The summed E-state index contributed by atoms with van der Waals surface area (Å²) in [6, 6.07) is 0. The lowest BCUT2D eigenvalue weighted by Crippen LogP contribution is -1.97. The van der Waals surface area contributed by atoms with Crippen molar-refractivity contribution in [2.45, 2.75) is 26.2 Å². The van der Waals surface area contributed by atoms with E-state index in [1.54, 1.807) is 12.2 Å². The zero-order valence-corrected chi connectivity index (χ0v) is 8.66. The van der Waals surface area contributed by atoms with Crippen molar-refractivity contribution in [1.82, 2.24) is 9.97 Å². The van der Waals surface area contributed by atoms with Gasteiger partial charge in [0.15, 0.2) is 0 Å². The molecule has 0 fully saturated rings. The van der Waals surface area contributed by atoms with Crippen LogP contribution in [0, 0.1) is 0 Å². The van der Waals surface area contributed by atoms with E-state index in [1.807, 2.05) is 6.20 Å². The first-order valence-corrected chi connectivity index (χ1v) is 4.92. The Balaban J connectivity index is 2.89. The Morgan fingerprint density at radius 1 is 1.29 bits per heavy atom. The van der Waals surface area contributed by atoms with Crippen molar-refractivity contribution in [2.24, 2.45) is 0 Å². The van der Waals surface area contributed by atoms with Crippen LogP contribution in [0.4, 0.5) is 0 Å². The van der Waals surface area contributed by atoms with Crippen molar-refractivity contribution in [1.29, 1.82) is 0 Å². The molecular formula is C12H16N2. The molecule has 0 spiro atoms. The van der Waals surface area contributed by atoms with Crippen molar-refractivity contribution in [3.05, 3.63) is 36.4 Å². The van der Waals surface area contributed by atoms with Crippen LogP contribution in [0.5, 0.6) is 0 Å². The Morgan fingerprint density at radius 3 is 2.57 bits per heavy atom. The Labute approximate surface area is 85.4 Å². The summed E-state index contributed by atoms with van der Waals surface area (Å²) >= 11 is 0. The monoisotopic (exact) mass is 188 g/mol. The lowest BCUT2D eigenvalue weighted by molar-refractivity contribution is 0.770. The van der Waals surface area contributed by atoms with E-state index in [1.165, 1.54) is 6.42 Å². The van der Waals surface area contributed by atoms with Crippen LogP contribution in [0.25, 0.3) is 12.2 Å². The molecule has 0 aliphatic rings. The first-order chi connectivity index (χ1) is 6.81. The maximum atomic E-state index is 4.45. The average Bonchev–Trinajstić information content (AvgIpc) is 2.25. The molecule has 74 valence electrons. The standard InChI is InChI=1S/C12H16N2/c1-4-7-8-10-9-13-11(5-2)12(6-3)14-10/h5-6,9H,2-4,7-8H2,1H3. The molecule has 1 aromatic heterocycles. The van der Waals surface area contributed by atoms with E-state index in [2.05, 4.69) is 30.0 Å². The van der Waals surface area contributed by atoms with E-state index in [4.69, 9.17) is 0 Å². The van der Waals surface area contributed by atoms with Crippen molar-refractivity contribution in [3.63, 3.8) is 0 Å². The zero-order chi connectivity index (χ0) is 10.4. The van der Waals surface area contributed by atoms with Crippen LogP contribution in [-0.2, 0) is 6.42 Å². The third kappa shape index (κ3) is 2.52. The van der Waals surface area contributed by atoms with Gasteiger partial charge in [0.2, 0.25) is 0 Å². The first kappa shape index (κ1) is 10.6. The molecule has 0 N–H and O–H groups in total. The van der Waals surface area contributed by atoms with E-state index < -0.39 is 0 Å². The van der Waals surface area contributed by atoms with Gasteiger partial charge in [0.25, 0.3) is 0 Å². The highest BCUT2D eigenvalue weighted by molar-refractivity contribution is 5.56. The van der Waals surface area contributed by atoms with Crippen LogP contribution in [0.15, 0.2) is 19.4 Å². The van der Waals surface area contributed by atoms with Crippen LogP contribution in [0.2, 0.25) is 0 Å². The second-order valence-corrected chi connectivity index (χ2v) is 3.14. The van der Waals surface area contributed by atoms with Gasteiger partial charge in [-0.3, -0.25) is 4.98 Å². The second-order valence-electron chi connectivity index (χ2n) is 3.14. The van der Waals surface area contributed by atoms with Gasteiger partial charge in [-0.2, -0.15) is 0 Å². The molecule has 0 unspecified atom stereocenters. The van der Waals surface area contributed by atoms with Gasteiger partial charge in [-0.15, -0.1) is 0 Å². The van der Waals surface area contributed by atoms with Crippen molar-refractivity contribution in [3.8, 4) is 0 Å². The first-order valence-electron chi connectivity index (χ1n) is 4.92. The minimum Gasteiger partial charge on any atom is -0.253 e. The van der Waals surface area contributed by atoms with Crippen LogP contribution in [0.3, 0.4) is 0 Å². The van der Waals surface area contributed by atoms with Gasteiger partial charge in [-0.05, 0) is 25.0 Å².